The normalized spacial score (nSPS) is 19.4. The van der Waals surface area contributed by atoms with Crippen LogP contribution in [0.25, 0.3) is 0 Å². The first-order chi connectivity index (χ1) is 10.0. The molecule has 0 saturated heterocycles. The maximum absolute atomic E-state index is 12.6. The van der Waals surface area contributed by atoms with Gasteiger partial charge in [-0.3, -0.25) is 0 Å². The summed E-state index contributed by atoms with van der Waals surface area (Å²) >= 11 is 0. The summed E-state index contributed by atoms with van der Waals surface area (Å²) in [5.41, 5.74) is 1.09. The van der Waals surface area contributed by atoms with Gasteiger partial charge < -0.3 is 9.88 Å². The molecular weight excluding hydrogens is 286 g/mol. The maximum atomic E-state index is 12.6. The van der Waals surface area contributed by atoms with Crippen molar-refractivity contribution in [1.29, 1.82) is 0 Å². The SMILES string of the molecule is CCCNCc1cc(S(=O)(=O)N(C)C2CC2)cn1C1CC1. The molecule has 1 aromatic rings. The van der Waals surface area contributed by atoms with Gasteiger partial charge in [0, 0.05) is 37.6 Å². The molecule has 1 heterocycles. The van der Waals surface area contributed by atoms with Crippen LogP contribution in [0.1, 0.15) is 50.8 Å². The Morgan fingerprint density at radius 3 is 2.62 bits per heavy atom. The number of rotatable bonds is 8. The van der Waals surface area contributed by atoms with Crippen LogP contribution in [0.5, 0.6) is 0 Å². The number of nitrogens with zero attached hydrogens (tertiary/aromatic N) is 2. The zero-order chi connectivity index (χ0) is 15.0. The van der Waals surface area contributed by atoms with E-state index < -0.39 is 10.0 Å². The molecule has 2 aliphatic rings. The van der Waals surface area contributed by atoms with E-state index in [0.29, 0.717) is 10.9 Å². The summed E-state index contributed by atoms with van der Waals surface area (Å²) in [6.45, 7) is 3.83. The average Bonchev–Trinajstić information content (AvgIpc) is 3.36. The lowest BCUT2D eigenvalue weighted by atomic mass is 10.4. The van der Waals surface area contributed by atoms with E-state index in [0.717, 1.165) is 50.9 Å². The molecule has 2 fully saturated rings. The van der Waals surface area contributed by atoms with Crippen molar-refractivity contribution >= 4 is 10.0 Å². The van der Waals surface area contributed by atoms with Gasteiger partial charge in [-0.2, -0.15) is 4.31 Å². The van der Waals surface area contributed by atoms with E-state index in [9.17, 15) is 8.42 Å². The smallest absolute Gasteiger partial charge is 0.244 e. The van der Waals surface area contributed by atoms with Gasteiger partial charge in [-0.1, -0.05) is 6.92 Å². The molecule has 1 N–H and O–H groups in total. The Morgan fingerprint density at radius 2 is 2.05 bits per heavy atom. The first-order valence-corrected chi connectivity index (χ1v) is 9.37. The second-order valence-corrected chi connectivity index (χ2v) is 8.23. The highest BCUT2D eigenvalue weighted by atomic mass is 32.2. The highest BCUT2D eigenvalue weighted by Gasteiger charge is 2.36. The molecule has 0 aliphatic heterocycles. The van der Waals surface area contributed by atoms with Crippen LogP contribution in [-0.4, -0.2) is 36.9 Å². The molecule has 0 bridgehead atoms. The number of hydrogen-bond acceptors (Lipinski definition) is 3. The molecule has 0 spiro atoms. The molecule has 118 valence electrons. The zero-order valence-electron chi connectivity index (χ0n) is 12.9. The molecule has 5 nitrogen and oxygen atoms in total. The van der Waals surface area contributed by atoms with E-state index >= 15 is 0 Å². The van der Waals surface area contributed by atoms with Crippen LogP contribution >= 0.6 is 0 Å². The van der Waals surface area contributed by atoms with Gasteiger partial charge >= 0.3 is 0 Å². The van der Waals surface area contributed by atoms with Crippen molar-refractivity contribution in [2.24, 2.45) is 0 Å². The first-order valence-electron chi connectivity index (χ1n) is 7.93. The van der Waals surface area contributed by atoms with E-state index in [2.05, 4.69) is 16.8 Å². The van der Waals surface area contributed by atoms with Crippen molar-refractivity contribution in [1.82, 2.24) is 14.2 Å². The van der Waals surface area contributed by atoms with E-state index in [1.807, 2.05) is 12.3 Å². The van der Waals surface area contributed by atoms with Crippen LogP contribution in [-0.2, 0) is 16.6 Å². The lowest BCUT2D eigenvalue weighted by Crippen LogP contribution is -2.28. The molecule has 6 heteroatoms. The maximum Gasteiger partial charge on any atom is 0.244 e. The summed E-state index contributed by atoms with van der Waals surface area (Å²) in [6, 6.07) is 2.56. The summed E-state index contributed by atoms with van der Waals surface area (Å²) in [7, 11) is -1.62. The largest absolute Gasteiger partial charge is 0.346 e. The van der Waals surface area contributed by atoms with Crippen molar-refractivity contribution in [3.05, 3.63) is 18.0 Å². The fourth-order valence-electron chi connectivity index (χ4n) is 2.67. The van der Waals surface area contributed by atoms with Crippen molar-refractivity contribution in [3.8, 4) is 0 Å². The van der Waals surface area contributed by atoms with Gasteiger partial charge in [-0.25, -0.2) is 8.42 Å². The molecule has 0 amide bonds. The number of hydrogen-bond donors (Lipinski definition) is 1. The summed E-state index contributed by atoms with van der Waals surface area (Å²) < 4.78 is 29.0. The third-order valence-electron chi connectivity index (χ3n) is 4.32. The predicted molar refractivity (Wildman–Crippen MR) is 82.7 cm³/mol. The van der Waals surface area contributed by atoms with Gasteiger partial charge in [-0.05, 0) is 44.7 Å². The highest BCUT2D eigenvalue weighted by molar-refractivity contribution is 7.89. The Hall–Kier alpha value is -0.850. The molecule has 1 aromatic heterocycles. The van der Waals surface area contributed by atoms with Gasteiger partial charge in [0.05, 0.1) is 0 Å². The Bertz CT molecular complexity index is 600. The summed E-state index contributed by atoms with van der Waals surface area (Å²) in [4.78, 5) is 0.456. The fourth-order valence-corrected chi connectivity index (χ4v) is 4.13. The predicted octanol–water partition coefficient (Wildman–Crippen LogP) is 2.11. The number of aromatic nitrogens is 1. The van der Waals surface area contributed by atoms with Crippen LogP contribution in [0.3, 0.4) is 0 Å². The van der Waals surface area contributed by atoms with Gasteiger partial charge in [0.1, 0.15) is 4.90 Å². The van der Waals surface area contributed by atoms with Crippen LogP contribution in [0, 0.1) is 0 Å². The minimum atomic E-state index is -3.33. The molecule has 0 radical (unpaired) electrons. The van der Waals surface area contributed by atoms with Gasteiger partial charge in [0.2, 0.25) is 10.0 Å². The molecule has 0 atom stereocenters. The Labute approximate surface area is 127 Å². The second-order valence-electron chi connectivity index (χ2n) is 6.23. The summed E-state index contributed by atoms with van der Waals surface area (Å²) in [5, 5.41) is 3.37. The van der Waals surface area contributed by atoms with E-state index in [1.54, 1.807) is 11.4 Å². The highest BCUT2D eigenvalue weighted by Crippen LogP contribution is 2.38. The number of nitrogens with one attached hydrogen (secondary N) is 1. The lowest BCUT2D eigenvalue weighted by Gasteiger charge is -2.14. The first kappa shape index (κ1) is 15.1. The quantitative estimate of drug-likeness (QED) is 0.748. The lowest BCUT2D eigenvalue weighted by molar-refractivity contribution is 0.464. The third-order valence-corrected chi connectivity index (χ3v) is 6.19. The van der Waals surface area contributed by atoms with Crippen molar-refractivity contribution in [2.75, 3.05) is 13.6 Å². The minimum absolute atomic E-state index is 0.209. The topological polar surface area (TPSA) is 54.3 Å². The monoisotopic (exact) mass is 311 g/mol. The summed E-state index contributed by atoms with van der Waals surface area (Å²) in [5.74, 6) is 0. The van der Waals surface area contributed by atoms with E-state index in [-0.39, 0.29) is 6.04 Å². The van der Waals surface area contributed by atoms with Gasteiger partial charge in [-0.15, -0.1) is 0 Å². The van der Waals surface area contributed by atoms with Crippen LogP contribution in [0.15, 0.2) is 17.2 Å². The van der Waals surface area contributed by atoms with Crippen molar-refractivity contribution in [2.45, 2.75) is 62.6 Å². The second kappa shape index (κ2) is 5.74. The number of sulfonamides is 1. The van der Waals surface area contributed by atoms with Crippen LogP contribution < -0.4 is 5.32 Å². The van der Waals surface area contributed by atoms with Gasteiger partial charge in [0.15, 0.2) is 0 Å². The van der Waals surface area contributed by atoms with E-state index in [4.69, 9.17) is 0 Å². The van der Waals surface area contributed by atoms with Crippen LogP contribution in [0.2, 0.25) is 0 Å². The Morgan fingerprint density at radius 1 is 1.33 bits per heavy atom. The Kier molecular flexibility index (Phi) is 4.12. The van der Waals surface area contributed by atoms with E-state index in [1.165, 1.54) is 0 Å². The molecule has 2 aliphatic carbocycles. The minimum Gasteiger partial charge on any atom is -0.346 e. The molecule has 0 unspecified atom stereocenters. The molecule has 21 heavy (non-hydrogen) atoms. The van der Waals surface area contributed by atoms with Crippen molar-refractivity contribution in [3.63, 3.8) is 0 Å². The summed E-state index contributed by atoms with van der Waals surface area (Å²) in [6.07, 6.45) is 7.23. The fraction of sp³-hybridized carbons (Fsp3) is 0.733. The van der Waals surface area contributed by atoms with Crippen molar-refractivity contribution < 1.29 is 8.42 Å². The molecule has 2 saturated carbocycles. The molecule has 0 aromatic carbocycles. The van der Waals surface area contributed by atoms with Gasteiger partial charge in [0.25, 0.3) is 0 Å². The molecular formula is C15H25N3O2S. The molecule has 3 rings (SSSR count). The average molecular weight is 311 g/mol. The standard InChI is InChI=1S/C15H25N3O2S/c1-3-8-16-10-14-9-15(11-18(14)13-6-7-13)21(19,20)17(2)12-4-5-12/h9,11-13,16H,3-8,10H2,1-2H3. The van der Waals surface area contributed by atoms with Crippen LogP contribution in [0.4, 0.5) is 0 Å². The Balaban J connectivity index is 1.83. The third kappa shape index (κ3) is 3.17. The zero-order valence-corrected chi connectivity index (χ0v) is 13.7.